The minimum absolute atomic E-state index is 0.406. The lowest BCUT2D eigenvalue weighted by atomic mass is 9.83. The van der Waals surface area contributed by atoms with Crippen LogP contribution in [0, 0.1) is 16.7 Å². The van der Waals surface area contributed by atoms with E-state index >= 15 is 0 Å². The molecule has 0 amide bonds. The van der Waals surface area contributed by atoms with Crippen LogP contribution in [0.1, 0.15) is 37.5 Å². The number of methoxy groups -OCH3 is 1. The van der Waals surface area contributed by atoms with E-state index in [9.17, 15) is 23.2 Å². The van der Waals surface area contributed by atoms with Gasteiger partial charge in [-0.3, -0.25) is 4.90 Å². The highest BCUT2D eigenvalue weighted by Gasteiger charge is 2.65. The second-order valence-electron chi connectivity index (χ2n) is 10.0. The van der Waals surface area contributed by atoms with Crippen LogP contribution in [0.5, 0.6) is 0 Å². The Morgan fingerprint density at radius 1 is 0.872 bits per heavy atom. The van der Waals surface area contributed by atoms with E-state index in [-0.39, 0.29) is 0 Å². The third-order valence-electron chi connectivity index (χ3n) is 6.88. The lowest BCUT2D eigenvalue weighted by molar-refractivity contribution is -0.280. The van der Waals surface area contributed by atoms with Gasteiger partial charge in [0.05, 0.1) is 11.5 Å². The molecule has 39 heavy (non-hydrogen) atoms. The zero-order chi connectivity index (χ0) is 28.7. The molecular weight excluding hydrogens is 505 g/mol. The Kier molecular flexibility index (Phi) is 9.54. The summed E-state index contributed by atoms with van der Waals surface area (Å²) in [6.07, 6.45) is -6.36. The van der Waals surface area contributed by atoms with Crippen LogP contribution < -0.4 is 0 Å². The van der Waals surface area contributed by atoms with E-state index in [1.54, 1.807) is 26.8 Å². The minimum Gasteiger partial charge on any atom is -0.456 e. The van der Waals surface area contributed by atoms with E-state index in [0.717, 1.165) is 18.2 Å². The minimum atomic E-state index is -5.13. The molecule has 0 spiro atoms. The molecular formula is C31H33F3N2O3. The van der Waals surface area contributed by atoms with Crippen LogP contribution in [0.15, 0.2) is 91.0 Å². The van der Waals surface area contributed by atoms with Gasteiger partial charge in [-0.25, -0.2) is 4.79 Å². The Morgan fingerprint density at radius 2 is 1.31 bits per heavy atom. The molecule has 0 saturated carbocycles. The predicted octanol–water partition coefficient (Wildman–Crippen LogP) is 6.64. The van der Waals surface area contributed by atoms with Crippen LogP contribution in [0.2, 0.25) is 0 Å². The summed E-state index contributed by atoms with van der Waals surface area (Å²) in [5.41, 5.74) is -3.17. The third-order valence-corrected chi connectivity index (χ3v) is 6.88. The summed E-state index contributed by atoms with van der Waals surface area (Å²) in [4.78, 5) is 15.6. The van der Waals surface area contributed by atoms with Crippen LogP contribution >= 0.6 is 0 Å². The molecule has 206 valence electrons. The largest absolute Gasteiger partial charge is 0.456 e. The number of ether oxygens (including phenoxy) is 2. The van der Waals surface area contributed by atoms with Gasteiger partial charge in [0.15, 0.2) is 0 Å². The number of hydrogen-bond donors (Lipinski definition) is 0. The summed E-state index contributed by atoms with van der Waals surface area (Å²) in [5, 5.41) is 10.0. The normalized spacial score (nSPS) is 15.2. The Hall–Kier alpha value is -3.67. The van der Waals surface area contributed by atoms with Gasteiger partial charge in [0.25, 0.3) is 5.60 Å². The van der Waals surface area contributed by atoms with E-state index < -0.39 is 40.9 Å². The van der Waals surface area contributed by atoms with E-state index in [4.69, 9.17) is 9.47 Å². The molecule has 0 aromatic heterocycles. The number of esters is 1. The van der Waals surface area contributed by atoms with Crippen LogP contribution in [-0.4, -0.2) is 36.3 Å². The molecule has 0 fully saturated rings. The standard InChI is InChI=1S/C31H33F3N2O3/c1-23(36(20-24-14-8-5-9-15-24)21-25-16-10-6-11-17-25)27(29(2,3)22-35)39-28(37)30(38-4,31(32,33)34)26-18-12-7-13-19-26/h5-19,23,27H,20-21H2,1-4H3/t23-,27+,30+/m0/s1. The second kappa shape index (κ2) is 12.5. The van der Waals surface area contributed by atoms with Crippen molar-refractivity contribution in [3.63, 3.8) is 0 Å². The lowest BCUT2D eigenvalue weighted by Gasteiger charge is -2.41. The second-order valence-corrected chi connectivity index (χ2v) is 10.0. The lowest BCUT2D eigenvalue weighted by Crippen LogP contribution is -2.56. The highest BCUT2D eigenvalue weighted by molar-refractivity contribution is 5.83. The average molecular weight is 539 g/mol. The van der Waals surface area contributed by atoms with Crippen molar-refractivity contribution in [1.29, 1.82) is 5.26 Å². The van der Waals surface area contributed by atoms with E-state index in [1.807, 2.05) is 65.6 Å². The molecule has 5 nitrogen and oxygen atoms in total. The van der Waals surface area contributed by atoms with Crippen molar-refractivity contribution in [3.05, 3.63) is 108 Å². The molecule has 0 aliphatic heterocycles. The Labute approximate surface area is 227 Å². The molecule has 3 aromatic carbocycles. The van der Waals surface area contributed by atoms with Crippen molar-refractivity contribution in [3.8, 4) is 6.07 Å². The Morgan fingerprint density at radius 3 is 1.69 bits per heavy atom. The van der Waals surface area contributed by atoms with Gasteiger partial charge in [-0.2, -0.15) is 18.4 Å². The first-order valence-corrected chi connectivity index (χ1v) is 12.6. The summed E-state index contributed by atoms with van der Waals surface area (Å²) < 4.78 is 54.4. The van der Waals surface area contributed by atoms with Crippen molar-refractivity contribution in [2.24, 2.45) is 5.41 Å². The summed E-state index contributed by atoms with van der Waals surface area (Å²) in [5.74, 6) is -1.62. The van der Waals surface area contributed by atoms with Crippen LogP contribution in [0.4, 0.5) is 13.2 Å². The number of alkyl halides is 3. The first kappa shape index (κ1) is 29.9. The molecule has 3 rings (SSSR count). The predicted molar refractivity (Wildman–Crippen MR) is 142 cm³/mol. The monoisotopic (exact) mass is 538 g/mol. The molecule has 0 heterocycles. The molecule has 0 aliphatic rings. The highest BCUT2D eigenvalue weighted by atomic mass is 19.4. The van der Waals surface area contributed by atoms with Gasteiger partial charge in [-0.05, 0) is 31.9 Å². The van der Waals surface area contributed by atoms with Gasteiger partial charge in [-0.15, -0.1) is 0 Å². The summed E-state index contributed by atoms with van der Waals surface area (Å²) >= 11 is 0. The molecule has 8 heteroatoms. The van der Waals surface area contributed by atoms with Crippen molar-refractivity contribution in [1.82, 2.24) is 4.90 Å². The highest BCUT2D eigenvalue weighted by Crippen LogP contribution is 2.44. The average Bonchev–Trinajstić information content (AvgIpc) is 2.92. The fourth-order valence-corrected chi connectivity index (χ4v) is 4.67. The van der Waals surface area contributed by atoms with Crippen LogP contribution in [0.25, 0.3) is 0 Å². The van der Waals surface area contributed by atoms with E-state index in [2.05, 4.69) is 6.07 Å². The van der Waals surface area contributed by atoms with Gasteiger partial charge in [-0.1, -0.05) is 91.0 Å². The fourth-order valence-electron chi connectivity index (χ4n) is 4.67. The van der Waals surface area contributed by atoms with E-state index in [0.29, 0.717) is 13.1 Å². The van der Waals surface area contributed by atoms with Gasteiger partial charge < -0.3 is 9.47 Å². The topological polar surface area (TPSA) is 62.6 Å². The number of nitrogens with zero attached hydrogens (tertiary/aromatic N) is 2. The quantitative estimate of drug-likeness (QED) is 0.256. The smallest absolute Gasteiger partial charge is 0.432 e. The van der Waals surface area contributed by atoms with E-state index in [1.165, 1.54) is 24.3 Å². The molecule has 3 aromatic rings. The fraction of sp³-hybridized carbons (Fsp3) is 0.355. The maximum absolute atomic E-state index is 14.6. The van der Waals surface area contributed by atoms with Crippen molar-refractivity contribution in [2.75, 3.05) is 7.11 Å². The molecule has 0 unspecified atom stereocenters. The number of rotatable bonds is 11. The van der Waals surface area contributed by atoms with Gasteiger partial charge in [0.2, 0.25) is 0 Å². The maximum atomic E-state index is 14.6. The maximum Gasteiger partial charge on any atom is 0.432 e. The van der Waals surface area contributed by atoms with Gasteiger partial charge >= 0.3 is 12.1 Å². The van der Waals surface area contributed by atoms with Crippen molar-refractivity contribution >= 4 is 5.97 Å². The number of nitriles is 1. The summed E-state index contributed by atoms with van der Waals surface area (Å²) in [6, 6.07) is 27.3. The molecule has 0 bridgehead atoms. The van der Waals surface area contributed by atoms with Crippen molar-refractivity contribution in [2.45, 2.75) is 57.8 Å². The SMILES string of the molecule is CO[C@@](C(=O)O[C@H]([C@H](C)N(Cc1ccccc1)Cc1ccccc1)C(C)(C)C#N)(c1ccccc1)C(F)(F)F. The molecule has 0 aliphatic carbocycles. The number of carbonyl (C=O) groups excluding carboxylic acids is 1. The number of carbonyl (C=O) groups is 1. The Balaban J connectivity index is 2.05. The molecule has 0 N–H and O–H groups in total. The van der Waals surface area contributed by atoms with Gasteiger partial charge in [0, 0.05) is 31.8 Å². The molecule has 3 atom stereocenters. The van der Waals surface area contributed by atoms with Crippen LogP contribution in [-0.2, 0) is 33.0 Å². The summed E-state index contributed by atoms with van der Waals surface area (Å²) in [6.45, 7) is 5.69. The number of hydrogen-bond acceptors (Lipinski definition) is 5. The van der Waals surface area contributed by atoms with Crippen molar-refractivity contribution < 1.29 is 27.4 Å². The summed E-state index contributed by atoms with van der Waals surface area (Å²) in [7, 11) is 0.826. The van der Waals surface area contributed by atoms with Gasteiger partial charge in [0.1, 0.15) is 6.10 Å². The van der Waals surface area contributed by atoms with Crippen LogP contribution in [0.3, 0.4) is 0 Å². The number of benzene rings is 3. The first-order valence-electron chi connectivity index (χ1n) is 12.6. The first-order chi connectivity index (χ1) is 18.5. The zero-order valence-corrected chi connectivity index (χ0v) is 22.5. The molecule has 0 radical (unpaired) electrons. The third kappa shape index (κ3) is 6.67. The zero-order valence-electron chi connectivity index (χ0n) is 22.5. The Bertz CT molecular complexity index is 1200. The molecule has 0 saturated heterocycles. The number of halogens is 3.